The van der Waals surface area contributed by atoms with Crippen LogP contribution in [0.25, 0.3) is 0 Å². The Morgan fingerprint density at radius 2 is 2.25 bits per heavy atom. The van der Waals surface area contributed by atoms with Gasteiger partial charge in [-0.3, -0.25) is 0 Å². The van der Waals surface area contributed by atoms with Crippen molar-refractivity contribution in [1.29, 1.82) is 0 Å². The van der Waals surface area contributed by atoms with E-state index < -0.39 is 0 Å². The predicted molar refractivity (Wildman–Crippen MR) is 28.9 cm³/mol. The second kappa shape index (κ2) is 1.62. The molecule has 0 aromatic carbocycles. The Morgan fingerprint density at radius 3 is 2.38 bits per heavy atom. The van der Waals surface area contributed by atoms with Crippen LogP contribution in [0, 0.1) is 0 Å². The first-order valence-electron chi connectivity index (χ1n) is 2.23. The number of allylic oxidation sites excluding steroid dienone is 1. The van der Waals surface area contributed by atoms with Crippen molar-refractivity contribution in [1.82, 2.24) is 15.8 Å². The topological polar surface area (TPSA) is 70.5 Å². The molecule has 0 spiro atoms. The van der Waals surface area contributed by atoms with Gasteiger partial charge in [-0.2, -0.15) is 0 Å². The molecule has 1 rings (SSSR count). The first-order valence-corrected chi connectivity index (χ1v) is 2.23. The fraction of sp³-hybridized carbons (Fsp3) is 0.333. The van der Waals surface area contributed by atoms with E-state index in [1.54, 1.807) is 6.20 Å². The maximum Gasteiger partial charge on any atom is 0.0652 e. The highest BCUT2D eigenvalue weighted by Crippen LogP contribution is 1.99. The van der Waals surface area contributed by atoms with Gasteiger partial charge in [0.1, 0.15) is 0 Å². The third-order valence-electron chi connectivity index (χ3n) is 0.929. The number of rotatable bonds is 0. The van der Waals surface area contributed by atoms with Crippen LogP contribution in [0.2, 0.25) is 0 Å². The molecule has 0 aromatic heterocycles. The molecule has 8 heavy (non-hydrogen) atoms. The van der Waals surface area contributed by atoms with Gasteiger partial charge in [-0.05, 0) is 6.92 Å². The van der Waals surface area contributed by atoms with E-state index in [1.165, 1.54) is 10.2 Å². The Kier molecular flexibility index (Phi) is 1.09. The smallest absolute Gasteiger partial charge is 0.0652 e. The molecule has 0 unspecified atom stereocenters. The van der Waals surface area contributed by atoms with Crippen LogP contribution in [-0.4, -0.2) is 10.2 Å². The zero-order valence-corrected chi connectivity index (χ0v) is 4.63. The summed E-state index contributed by atoms with van der Waals surface area (Å²) in [4.78, 5) is 0. The SMILES string of the molecule is CC1=CN(N)NN1N. The molecule has 0 bridgehead atoms. The largest absolute Gasteiger partial charge is 0.232 e. The average Bonchev–Trinajstić information content (AvgIpc) is 1.85. The summed E-state index contributed by atoms with van der Waals surface area (Å²) in [6.45, 7) is 1.85. The molecule has 1 aliphatic rings. The Morgan fingerprint density at radius 1 is 1.62 bits per heavy atom. The van der Waals surface area contributed by atoms with Crippen LogP contribution in [0.4, 0.5) is 0 Å². The molecule has 5 heteroatoms. The lowest BCUT2D eigenvalue weighted by Gasteiger charge is -2.13. The van der Waals surface area contributed by atoms with Gasteiger partial charge in [0, 0.05) is 0 Å². The lowest BCUT2D eigenvalue weighted by atomic mass is 10.6. The maximum absolute atomic E-state index is 5.30. The summed E-state index contributed by atoms with van der Waals surface area (Å²) in [6.07, 6.45) is 1.68. The van der Waals surface area contributed by atoms with Crippen LogP contribution in [0.1, 0.15) is 6.92 Å². The van der Waals surface area contributed by atoms with Crippen molar-refractivity contribution in [3.8, 4) is 0 Å². The van der Waals surface area contributed by atoms with Crippen LogP contribution >= 0.6 is 0 Å². The van der Waals surface area contributed by atoms with Crippen LogP contribution in [0.3, 0.4) is 0 Å². The van der Waals surface area contributed by atoms with E-state index in [0.717, 1.165) is 5.70 Å². The highest BCUT2D eigenvalue weighted by atomic mass is 15.9. The molecule has 1 aliphatic heterocycles. The fourth-order valence-electron chi connectivity index (χ4n) is 0.496. The van der Waals surface area contributed by atoms with Gasteiger partial charge in [-0.15, -0.1) is 5.53 Å². The molecule has 1 heterocycles. The molecular formula is C3H9N5. The quantitative estimate of drug-likeness (QED) is 0.340. The van der Waals surface area contributed by atoms with Gasteiger partial charge in [0.15, 0.2) is 0 Å². The van der Waals surface area contributed by atoms with E-state index in [0.29, 0.717) is 0 Å². The number of hydrogen-bond donors (Lipinski definition) is 3. The predicted octanol–water partition coefficient (Wildman–Crippen LogP) is -1.37. The van der Waals surface area contributed by atoms with Crippen molar-refractivity contribution < 1.29 is 0 Å². The standard InChI is InChI=1S/C3H9N5/c1-3-2-7(4)6-8(3)5/h2,6H,4-5H2,1H3. The lowest BCUT2D eigenvalue weighted by Crippen LogP contribution is -2.47. The van der Waals surface area contributed by atoms with Crippen LogP contribution in [0.5, 0.6) is 0 Å². The molecule has 46 valence electrons. The molecule has 0 saturated carbocycles. The van der Waals surface area contributed by atoms with Gasteiger partial charge in [-0.25, -0.2) is 21.9 Å². The van der Waals surface area contributed by atoms with Crippen molar-refractivity contribution >= 4 is 0 Å². The fourth-order valence-corrected chi connectivity index (χ4v) is 0.496. The van der Waals surface area contributed by atoms with Crippen molar-refractivity contribution in [2.45, 2.75) is 6.92 Å². The van der Waals surface area contributed by atoms with Crippen molar-refractivity contribution in [3.05, 3.63) is 11.9 Å². The second-order valence-electron chi connectivity index (χ2n) is 1.65. The summed E-state index contributed by atoms with van der Waals surface area (Å²) >= 11 is 0. The Balaban J connectivity index is 2.59. The molecule has 0 saturated heterocycles. The van der Waals surface area contributed by atoms with Crippen molar-refractivity contribution in [2.24, 2.45) is 11.7 Å². The number of nitrogens with two attached hydrogens (primary N) is 2. The van der Waals surface area contributed by atoms with Gasteiger partial charge in [0.2, 0.25) is 0 Å². The highest BCUT2D eigenvalue weighted by Gasteiger charge is 2.08. The van der Waals surface area contributed by atoms with Crippen LogP contribution in [0.15, 0.2) is 11.9 Å². The third-order valence-corrected chi connectivity index (χ3v) is 0.929. The number of nitrogens with zero attached hydrogens (tertiary/aromatic N) is 2. The normalized spacial score (nSPS) is 19.6. The van der Waals surface area contributed by atoms with Crippen LogP contribution in [-0.2, 0) is 0 Å². The van der Waals surface area contributed by atoms with E-state index in [4.69, 9.17) is 11.7 Å². The second-order valence-corrected chi connectivity index (χ2v) is 1.65. The van der Waals surface area contributed by atoms with Crippen molar-refractivity contribution in [3.63, 3.8) is 0 Å². The first-order chi connectivity index (χ1) is 3.70. The summed E-state index contributed by atoms with van der Waals surface area (Å²) in [7, 11) is 0. The minimum absolute atomic E-state index is 0.882. The Labute approximate surface area is 47.4 Å². The number of hydrazine groups is 4. The summed E-state index contributed by atoms with van der Waals surface area (Å²) in [6, 6.07) is 0. The van der Waals surface area contributed by atoms with Gasteiger partial charge < -0.3 is 0 Å². The van der Waals surface area contributed by atoms with Gasteiger partial charge in [0.05, 0.1) is 11.9 Å². The molecule has 0 amide bonds. The maximum atomic E-state index is 5.30. The molecule has 0 atom stereocenters. The number of hydrogen-bond acceptors (Lipinski definition) is 5. The molecular weight excluding hydrogens is 106 g/mol. The Bertz CT molecular complexity index is 119. The molecule has 0 radical (unpaired) electrons. The van der Waals surface area contributed by atoms with E-state index in [-0.39, 0.29) is 0 Å². The molecule has 0 aliphatic carbocycles. The summed E-state index contributed by atoms with van der Waals surface area (Å²) in [5, 5.41) is 2.62. The molecule has 5 N–H and O–H groups in total. The summed E-state index contributed by atoms with van der Waals surface area (Å²) in [5.74, 6) is 10.5. The van der Waals surface area contributed by atoms with Gasteiger partial charge in [-0.1, -0.05) is 0 Å². The molecule has 0 aromatic rings. The highest BCUT2D eigenvalue weighted by molar-refractivity contribution is 4.95. The zero-order chi connectivity index (χ0) is 6.15. The monoisotopic (exact) mass is 115 g/mol. The zero-order valence-electron chi connectivity index (χ0n) is 4.63. The van der Waals surface area contributed by atoms with E-state index >= 15 is 0 Å². The number of nitrogens with one attached hydrogen (secondary N) is 1. The summed E-state index contributed by atoms with van der Waals surface area (Å²) in [5.41, 5.74) is 3.48. The van der Waals surface area contributed by atoms with E-state index in [9.17, 15) is 0 Å². The summed E-state index contributed by atoms with van der Waals surface area (Å²) < 4.78 is 0. The minimum atomic E-state index is 0.882. The Hall–Kier alpha value is -0.780. The molecule has 0 fully saturated rings. The van der Waals surface area contributed by atoms with E-state index in [2.05, 4.69) is 5.53 Å². The minimum Gasteiger partial charge on any atom is -0.232 e. The first kappa shape index (κ1) is 5.36. The van der Waals surface area contributed by atoms with Gasteiger partial charge in [0.25, 0.3) is 0 Å². The van der Waals surface area contributed by atoms with E-state index in [1.807, 2.05) is 6.92 Å². The lowest BCUT2D eigenvalue weighted by molar-refractivity contribution is 0.132. The third kappa shape index (κ3) is 0.738. The van der Waals surface area contributed by atoms with Gasteiger partial charge >= 0.3 is 0 Å². The van der Waals surface area contributed by atoms with Crippen molar-refractivity contribution in [2.75, 3.05) is 0 Å². The molecule has 5 nitrogen and oxygen atoms in total. The van der Waals surface area contributed by atoms with Crippen LogP contribution < -0.4 is 17.2 Å². The average molecular weight is 115 g/mol.